The highest BCUT2D eigenvalue weighted by Gasteiger charge is 2.53. The highest BCUT2D eigenvalue weighted by atomic mass is 16.8. The van der Waals surface area contributed by atoms with Crippen LogP contribution in [0.25, 0.3) is 0 Å². The first kappa shape index (κ1) is 8.17. The van der Waals surface area contributed by atoms with Gasteiger partial charge in [-0.3, -0.25) is 0 Å². The minimum Gasteiger partial charge on any atom is -0.396 e. The highest BCUT2D eigenvalue weighted by molar-refractivity contribution is 4.97. The highest BCUT2D eigenvalue weighted by Crippen LogP contribution is 2.41. The van der Waals surface area contributed by atoms with Gasteiger partial charge in [0, 0.05) is 12.5 Å². The monoisotopic (exact) mass is 189 g/mol. The van der Waals surface area contributed by atoms with E-state index in [9.17, 15) is 5.11 Å². The molecule has 4 nitrogen and oxygen atoms in total. The van der Waals surface area contributed by atoms with Crippen molar-refractivity contribution in [3.63, 3.8) is 0 Å². The summed E-state index contributed by atoms with van der Waals surface area (Å²) >= 11 is 0. The molecule has 2 fully saturated rings. The topological polar surface area (TPSA) is 58.9 Å². The van der Waals surface area contributed by atoms with Gasteiger partial charge < -0.3 is 19.7 Å². The molecule has 2 aliphatic rings. The molecule has 1 saturated heterocycles. The maximum Gasteiger partial charge on any atom is 0.163 e. The van der Waals surface area contributed by atoms with Crippen LogP contribution >= 0.6 is 0 Å². The number of aliphatic hydroxyl groups excluding tert-OH is 1. The van der Waals surface area contributed by atoms with E-state index in [1.807, 2.05) is 0 Å². The van der Waals surface area contributed by atoms with Gasteiger partial charge in [0.25, 0.3) is 0 Å². The first-order valence-electron chi connectivity index (χ1n) is 5.04. The molecule has 0 aromatic heterocycles. The van der Waals surface area contributed by atoms with Gasteiger partial charge in [0.05, 0.1) is 13.6 Å². The molecule has 0 spiro atoms. The van der Waals surface area contributed by atoms with Crippen molar-refractivity contribution in [2.75, 3.05) is 6.61 Å². The van der Waals surface area contributed by atoms with E-state index in [4.69, 9.17) is 16.0 Å². The third kappa shape index (κ3) is 1.48. The predicted molar refractivity (Wildman–Crippen MR) is 45.0 cm³/mol. The van der Waals surface area contributed by atoms with Crippen molar-refractivity contribution in [3.8, 4) is 0 Å². The van der Waals surface area contributed by atoms with Crippen molar-refractivity contribution in [1.82, 2.24) is 0 Å². The van der Waals surface area contributed by atoms with Crippen LogP contribution in [0, 0.1) is 5.92 Å². The summed E-state index contributed by atoms with van der Waals surface area (Å²) in [5.41, 5.74) is 0. The quantitative estimate of drug-likeness (QED) is 0.603. The molecule has 13 heavy (non-hydrogen) atoms. The lowest BCUT2D eigenvalue weighted by Crippen LogP contribution is -2.28. The Morgan fingerprint density at radius 2 is 2.08 bits per heavy atom. The van der Waals surface area contributed by atoms with Crippen LogP contribution < -0.4 is 0 Å². The third-order valence-corrected chi connectivity index (χ3v) is 2.63. The fourth-order valence-corrected chi connectivity index (χ4v) is 2.06. The first-order valence-corrected chi connectivity index (χ1v) is 4.54. The minimum atomic E-state index is -1.63. The van der Waals surface area contributed by atoms with Gasteiger partial charge >= 0.3 is 0 Å². The predicted octanol–water partition coefficient (Wildman–Crippen LogP) is -0.120. The summed E-state index contributed by atoms with van der Waals surface area (Å²) in [5, 5.41) is 18.8. The van der Waals surface area contributed by atoms with Crippen molar-refractivity contribution in [2.24, 2.45) is 5.92 Å². The van der Waals surface area contributed by atoms with E-state index in [-0.39, 0.29) is 25.0 Å². The smallest absolute Gasteiger partial charge is 0.163 e. The van der Waals surface area contributed by atoms with E-state index in [1.165, 1.54) is 0 Å². The molecule has 0 aromatic carbocycles. The molecule has 0 amide bonds. The van der Waals surface area contributed by atoms with Crippen LogP contribution in [-0.4, -0.2) is 40.9 Å². The van der Waals surface area contributed by atoms with Crippen LogP contribution in [0.15, 0.2) is 0 Å². The second-order valence-corrected chi connectivity index (χ2v) is 4.16. The minimum absolute atomic E-state index is 0.0816. The standard InChI is InChI=1S/C9H16O4/c1-9(2)12-7-5(4-10)3-6(11)8(7)13-9/h5-8,10-11H,3-4H2,1-2H3/t5-,6+,7-,8+/m1/s1/i6D. The molecule has 2 rings (SSSR count). The molecular formula is C9H16O4. The van der Waals surface area contributed by atoms with Gasteiger partial charge in [0.15, 0.2) is 5.79 Å². The number of aliphatic hydroxyl groups is 2. The van der Waals surface area contributed by atoms with E-state index in [2.05, 4.69) is 0 Å². The van der Waals surface area contributed by atoms with Crippen LogP contribution in [0.2, 0.25) is 0 Å². The molecule has 0 radical (unpaired) electrons. The van der Waals surface area contributed by atoms with Crippen LogP contribution in [0.1, 0.15) is 21.6 Å². The van der Waals surface area contributed by atoms with E-state index in [1.54, 1.807) is 13.8 Å². The Bertz CT molecular complexity index is 241. The Morgan fingerprint density at radius 1 is 1.46 bits per heavy atom. The van der Waals surface area contributed by atoms with Crippen LogP contribution in [0.3, 0.4) is 0 Å². The molecule has 4 atom stereocenters. The number of ether oxygens (including phenoxy) is 2. The number of rotatable bonds is 1. The summed E-state index contributed by atoms with van der Waals surface area (Å²) in [4.78, 5) is 0. The normalized spacial score (nSPS) is 54.8. The van der Waals surface area contributed by atoms with Gasteiger partial charge in [0.1, 0.15) is 6.10 Å². The van der Waals surface area contributed by atoms with E-state index < -0.39 is 18.0 Å². The molecule has 4 heteroatoms. The number of hydrogen-bond donors (Lipinski definition) is 2. The summed E-state index contributed by atoms with van der Waals surface area (Å²) in [7, 11) is 0. The largest absolute Gasteiger partial charge is 0.396 e. The zero-order valence-corrected chi connectivity index (χ0v) is 7.86. The Balaban J connectivity index is 2.21. The zero-order valence-electron chi connectivity index (χ0n) is 8.86. The lowest BCUT2D eigenvalue weighted by atomic mass is 10.1. The number of fused-ring (bicyclic) bond motifs is 1. The fraction of sp³-hybridized carbons (Fsp3) is 1.00. The molecule has 1 aliphatic heterocycles. The number of hydrogen-bond acceptors (Lipinski definition) is 4. The molecule has 76 valence electrons. The van der Waals surface area contributed by atoms with Gasteiger partial charge in [-0.05, 0) is 20.3 Å². The van der Waals surface area contributed by atoms with Crippen LogP contribution in [0.4, 0.5) is 0 Å². The van der Waals surface area contributed by atoms with Gasteiger partial charge in [-0.2, -0.15) is 0 Å². The molecule has 0 unspecified atom stereocenters. The molecular weight excluding hydrogens is 172 g/mol. The Hall–Kier alpha value is -0.160. The molecule has 2 N–H and O–H groups in total. The fourth-order valence-electron chi connectivity index (χ4n) is 2.06. The van der Waals surface area contributed by atoms with E-state index in [0.717, 1.165) is 0 Å². The second kappa shape index (κ2) is 2.92. The van der Waals surface area contributed by atoms with Crippen molar-refractivity contribution >= 4 is 0 Å². The lowest BCUT2D eigenvalue weighted by Gasteiger charge is -2.21. The maximum atomic E-state index is 9.75. The van der Waals surface area contributed by atoms with Gasteiger partial charge in [-0.15, -0.1) is 0 Å². The summed E-state index contributed by atoms with van der Waals surface area (Å²) in [6.45, 7) is 3.41. The van der Waals surface area contributed by atoms with Crippen molar-refractivity contribution in [1.29, 1.82) is 0 Å². The van der Waals surface area contributed by atoms with Crippen molar-refractivity contribution < 1.29 is 21.1 Å². The van der Waals surface area contributed by atoms with Gasteiger partial charge in [-0.25, -0.2) is 0 Å². The van der Waals surface area contributed by atoms with Gasteiger partial charge in [-0.1, -0.05) is 0 Å². The Morgan fingerprint density at radius 3 is 2.69 bits per heavy atom. The summed E-state index contributed by atoms with van der Waals surface area (Å²) in [5.74, 6) is -0.970. The summed E-state index contributed by atoms with van der Waals surface area (Å²) < 4.78 is 18.7. The maximum absolute atomic E-state index is 9.75. The SMILES string of the molecule is [2H][C@]1(O)C[C@H](CO)[C@H]2OC(C)(C)O[C@H]21. The lowest BCUT2D eigenvalue weighted by molar-refractivity contribution is -0.167. The first-order chi connectivity index (χ1) is 6.36. The average Bonchev–Trinajstić information content (AvgIpc) is 2.46. The van der Waals surface area contributed by atoms with Gasteiger partial charge in [0.2, 0.25) is 0 Å². The molecule has 1 saturated carbocycles. The molecule has 0 bridgehead atoms. The second-order valence-electron chi connectivity index (χ2n) is 4.16. The van der Waals surface area contributed by atoms with Crippen LogP contribution in [-0.2, 0) is 9.47 Å². The molecule has 1 heterocycles. The van der Waals surface area contributed by atoms with Crippen molar-refractivity contribution in [3.05, 3.63) is 0 Å². The average molecular weight is 189 g/mol. The van der Waals surface area contributed by atoms with E-state index >= 15 is 0 Å². The molecule has 1 aliphatic carbocycles. The van der Waals surface area contributed by atoms with Crippen molar-refractivity contribution in [2.45, 2.75) is 44.3 Å². The summed E-state index contributed by atoms with van der Waals surface area (Å²) in [6.07, 6.45) is -2.44. The Labute approximate surface area is 78.9 Å². The summed E-state index contributed by atoms with van der Waals surface area (Å²) in [6, 6.07) is 0. The Kier molecular flexibility index (Phi) is 1.83. The third-order valence-electron chi connectivity index (χ3n) is 2.63. The zero-order chi connectivity index (χ0) is 10.6. The molecule has 0 aromatic rings. The van der Waals surface area contributed by atoms with E-state index in [0.29, 0.717) is 0 Å². The van der Waals surface area contributed by atoms with Crippen LogP contribution in [0.5, 0.6) is 0 Å².